The van der Waals surface area contributed by atoms with E-state index in [2.05, 4.69) is 171 Å². The van der Waals surface area contributed by atoms with Crippen LogP contribution in [0, 0.1) is 15.0 Å². The molecule has 6 aliphatic rings. The molecule has 6 fully saturated rings. The van der Waals surface area contributed by atoms with Gasteiger partial charge in [-0.3, -0.25) is 19.2 Å². The van der Waals surface area contributed by atoms with Crippen molar-refractivity contribution in [2.24, 2.45) is 0 Å². The van der Waals surface area contributed by atoms with E-state index in [1.165, 1.54) is 238 Å². The first-order valence-corrected chi connectivity index (χ1v) is 44.5. The number of hydrogen-bond acceptors (Lipinski definition) is 6. The van der Waals surface area contributed by atoms with Crippen LogP contribution in [-0.4, -0.2) is 53.4 Å². The molecule has 2 heterocycles. The summed E-state index contributed by atoms with van der Waals surface area (Å²) >= 11 is 2.30. The average Bonchev–Trinajstić information content (AvgIpc) is 1.56. The molecule has 0 radical (unpaired) electrons. The van der Waals surface area contributed by atoms with Crippen molar-refractivity contribution >= 4 is 98.9 Å². The van der Waals surface area contributed by atoms with Gasteiger partial charge in [0.25, 0.3) is 0 Å². The molecule has 14 rings (SSSR count). The minimum absolute atomic E-state index is 0. The third-order valence-corrected chi connectivity index (χ3v) is 23.3. The summed E-state index contributed by atoms with van der Waals surface area (Å²) < 4.78 is 1.14. The van der Waals surface area contributed by atoms with Gasteiger partial charge in [-0.05, 0) is 258 Å². The Morgan fingerprint density at radius 3 is 1.26 bits per heavy atom. The van der Waals surface area contributed by atoms with Gasteiger partial charge in [0.1, 0.15) is 8.07 Å². The second-order valence-electron chi connectivity index (χ2n) is 31.2. The van der Waals surface area contributed by atoms with Crippen molar-refractivity contribution in [3.05, 3.63) is 188 Å². The SMILES string of the molecule is C.C.CC(=O)Nc1ccc(C2CCCCC2)cc1.CC(=O)Nc1ccc(C2CCCCC2)cc1C#C[Si](C)(C)C.CC(=O)Nc1ccc(C2CCCCC2)cc1I.CC[O-].Nc1ccc(C2CCCCC2)cc1.O=C(O)Cc1c[nH]c2ccc(C3CCCCC3)cc12.[Na+].c1cc2cc(C3CCCCC3)ccc2[nH]1. The Labute approximate surface area is 686 Å². The van der Waals surface area contributed by atoms with Gasteiger partial charge in [-0.25, -0.2) is 0 Å². The van der Waals surface area contributed by atoms with Crippen LogP contribution in [0.3, 0.4) is 0 Å². The number of carboxylic acids is 1. The second-order valence-corrected chi connectivity index (χ2v) is 37.1. The zero-order valence-electron chi connectivity index (χ0n) is 65.3. The molecule has 0 saturated heterocycles. The Balaban J connectivity index is 0.000000231. The number of carbonyl (C=O) groups excluding carboxylic acids is 3. The number of carbonyl (C=O) groups is 4. The van der Waals surface area contributed by atoms with Gasteiger partial charge in [-0.1, -0.05) is 211 Å². The van der Waals surface area contributed by atoms with Crippen molar-refractivity contribution in [3.63, 3.8) is 0 Å². The fourth-order valence-electron chi connectivity index (χ4n) is 16.1. The van der Waals surface area contributed by atoms with E-state index in [1.807, 2.05) is 48.8 Å². The molecule has 108 heavy (non-hydrogen) atoms. The molecule has 2 aromatic heterocycles. The number of fused-ring (bicyclic) bond motifs is 2. The van der Waals surface area contributed by atoms with E-state index >= 15 is 0 Å². The Morgan fingerprint density at radius 1 is 0.481 bits per heavy atom. The number of nitrogens with one attached hydrogen (secondary N) is 5. The third-order valence-electron chi connectivity index (χ3n) is 21.6. The number of aromatic nitrogens is 2. The molecule has 3 amide bonds. The van der Waals surface area contributed by atoms with E-state index in [9.17, 15) is 19.2 Å². The first-order chi connectivity index (χ1) is 50.7. The quantitative estimate of drug-likeness (QED) is 0.0288. The number of nitrogens with two attached hydrogens (primary N) is 1. The predicted octanol–water partition coefficient (Wildman–Crippen LogP) is 21.9. The zero-order chi connectivity index (χ0) is 74.9. The maximum atomic E-state index is 11.4. The maximum Gasteiger partial charge on any atom is 1.00 e. The van der Waals surface area contributed by atoms with Crippen LogP contribution in [0.25, 0.3) is 21.8 Å². The van der Waals surface area contributed by atoms with E-state index in [-0.39, 0.29) is 75.2 Å². The number of nitrogen functional groups attached to an aromatic ring is 1. The smallest absolute Gasteiger partial charge is 0.855 e. The zero-order valence-corrected chi connectivity index (χ0v) is 70.5. The van der Waals surface area contributed by atoms with Crippen LogP contribution >= 0.6 is 22.6 Å². The number of anilines is 4. The molecular weight excluding hydrogens is 1480 g/mol. The minimum Gasteiger partial charge on any atom is -0.855 e. The number of amides is 3. The first-order valence-electron chi connectivity index (χ1n) is 39.9. The van der Waals surface area contributed by atoms with Gasteiger partial charge in [0.05, 0.1) is 17.8 Å². The number of H-pyrrole nitrogens is 2. The summed E-state index contributed by atoms with van der Waals surface area (Å²) in [5.41, 5.74) is 25.4. The number of halogens is 1. The Kier molecular flexibility index (Phi) is 41.8. The molecule has 8 N–H and O–H groups in total. The standard InChI is InChI=1S/C19H27NOSi.C16H19NO2.C14H18INO.C14H19NO.C14H17N.C12H17N.C2H5O.2CH4.Na/c1-15(21)20-19-11-10-17(16-8-6-5-7-9-16)14-18(19)12-13-22(2,3)4;18-16(19)9-13-10-17-15-7-6-12(8-14(13)15)11-4-2-1-3-5-11;1-10(17)16-14-8-7-12(9-13(14)15)11-5-3-2-4-6-11;1-11(16)15-14-9-7-13(8-10-14)12-5-3-2-4-6-12;1-2-4-11(5-3-1)12-6-7-14-13(10-12)8-9-15-14;13-12-8-6-11(7-9-12)10-4-2-1-3-5-10;1-2-3;;;/h10-11,14,16H,5-9H2,1-4H3,(H,20,21);6-8,10-11,17H,1-5,9H2,(H,18,19);7-9,11H,2-6H2,1H3,(H,16,17);7-10,12H,2-6H2,1H3,(H,15,16);6-11,15H,1-5H2;6-10H,1-5,13H2;2H2,1H3;2*1H4;/q;;;;;;-1;;;+1. The molecule has 580 valence electrons. The summed E-state index contributed by atoms with van der Waals surface area (Å²) in [7, 11) is -1.43. The molecule has 6 aliphatic carbocycles. The molecule has 8 aromatic rings. The predicted molar refractivity (Wildman–Crippen MR) is 463 cm³/mol. The molecule has 12 nitrogen and oxygen atoms in total. The fourth-order valence-corrected chi connectivity index (χ4v) is 17.2. The van der Waals surface area contributed by atoms with Crippen LogP contribution in [0.4, 0.5) is 22.7 Å². The van der Waals surface area contributed by atoms with E-state index in [4.69, 9.17) is 15.9 Å². The number of aromatic amines is 2. The molecule has 0 aliphatic heterocycles. The van der Waals surface area contributed by atoms with Crippen LogP contribution < -0.4 is 56.3 Å². The van der Waals surface area contributed by atoms with Crippen LogP contribution in [0.2, 0.25) is 19.6 Å². The van der Waals surface area contributed by atoms with E-state index in [0.717, 1.165) is 72.0 Å². The molecule has 6 aromatic carbocycles. The van der Waals surface area contributed by atoms with E-state index in [0.29, 0.717) is 11.8 Å². The topological polar surface area (TPSA) is 205 Å². The molecular formula is C93H130IN6NaO6Si. The van der Waals surface area contributed by atoms with Gasteiger partial charge in [0.2, 0.25) is 17.7 Å². The van der Waals surface area contributed by atoms with Crippen LogP contribution in [-0.2, 0) is 25.6 Å². The van der Waals surface area contributed by atoms with Gasteiger partial charge < -0.3 is 41.9 Å². The summed E-state index contributed by atoms with van der Waals surface area (Å²) in [6.07, 6.45) is 44.5. The molecule has 0 atom stereocenters. The van der Waals surface area contributed by atoms with Crippen molar-refractivity contribution in [2.75, 3.05) is 28.3 Å². The van der Waals surface area contributed by atoms with Crippen LogP contribution in [0.1, 0.15) is 315 Å². The molecule has 0 spiro atoms. The summed E-state index contributed by atoms with van der Waals surface area (Å²) in [5, 5.41) is 28.9. The van der Waals surface area contributed by atoms with Crippen LogP contribution in [0.15, 0.2) is 140 Å². The number of carboxylic acid groups (broad SMARTS) is 1. The fraction of sp³-hybridized carbons (Fsp3) is 0.505. The molecule has 0 unspecified atom stereocenters. The Hall–Kier alpha value is -6.45. The maximum absolute atomic E-state index is 11.4. The number of aliphatic carboxylic acids is 1. The van der Waals surface area contributed by atoms with E-state index in [1.54, 1.807) is 26.3 Å². The summed E-state index contributed by atoms with van der Waals surface area (Å²) in [4.78, 5) is 50.6. The summed E-state index contributed by atoms with van der Waals surface area (Å²) in [5.74, 6) is 6.90. The summed E-state index contributed by atoms with van der Waals surface area (Å²) in [6.45, 7) is 12.9. The van der Waals surface area contributed by atoms with Crippen molar-refractivity contribution in [2.45, 2.75) is 297 Å². The number of hydrogen-bond donors (Lipinski definition) is 7. The molecule has 0 bridgehead atoms. The normalized spacial score (nSPS) is 16.3. The monoisotopic (exact) mass is 1600 g/mol. The second kappa shape index (κ2) is 49.0. The first kappa shape index (κ1) is 92.2. The summed E-state index contributed by atoms with van der Waals surface area (Å²) in [6, 6.07) is 45.1. The minimum atomic E-state index is -1.43. The van der Waals surface area contributed by atoms with E-state index < -0.39 is 14.0 Å². The van der Waals surface area contributed by atoms with Crippen molar-refractivity contribution in [3.8, 4) is 11.5 Å². The Morgan fingerprint density at radius 2 is 0.843 bits per heavy atom. The van der Waals surface area contributed by atoms with Crippen molar-refractivity contribution < 1.29 is 58.9 Å². The van der Waals surface area contributed by atoms with Crippen LogP contribution in [0.5, 0.6) is 0 Å². The third kappa shape index (κ3) is 31.7. The number of rotatable bonds is 11. The van der Waals surface area contributed by atoms with Gasteiger partial charge in [-0.15, -0.1) is 12.2 Å². The Bertz CT molecular complexity index is 4020. The van der Waals surface area contributed by atoms with Gasteiger partial charge >= 0.3 is 35.5 Å². The number of benzene rings is 6. The van der Waals surface area contributed by atoms with Gasteiger partial charge in [0, 0.05) is 70.1 Å². The van der Waals surface area contributed by atoms with Gasteiger partial charge in [0.15, 0.2) is 0 Å². The van der Waals surface area contributed by atoms with Gasteiger partial charge in [-0.2, -0.15) is 0 Å². The van der Waals surface area contributed by atoms with Crippen molar-refractivity contribution in [1.82, 2.24) is 9.97 Å². The van der Waals surface area contributed by atoms with Crippen molar-refractivity contribution in [1.29, 1.82) is 0 Å². The molecule has 15 heteroatoms. The largest absolute Gasteiger partial charge is 1.00 e. The average molecular weight is 1610 g/mol. The molecule has 6 saturated carbocycles.